The molecule has 3 rings (SSSR count). The lowest BCUT2D eigenvalue weighted by Crippen LogP contribution is -2.09. The van der Waals surface area contributed by atoms with E-state index in [0.29, 0.717) is 5.89 Å². The second-order valence-corrected chi connectivity index (χ2v) is 7.26. The third-order valence-electron chi connectivity index (χ3n) is 4.48. The zero-order valence-electron chi connectivity index (χ0n) is 16.5. The summed E-state index contributed by atoms with van der Waals surface area (Å²) >= 11 is 0. The molecule has 0 aliphatic carbocycles. The SMILES string of the molecule is CC(C)c1cc(C(=O)OCc2nnc(-c3ccccc3)o2)c(O)c(C(C)C)c1. The van der Waals surface area contributed by atoms with Crippen LogP contribution in [0, 0.1) is 0 Å². The molecule has 3 aromatic rings. The van der Waals surface area contributed by atoms with Crippen LogP contribution in [0.2, 0.25) is 0 Å². The van der Waals surface area contributed by atoms with Crippen molar-refractivity contribution in [3.05, 3.63) is 65.0 Å². The smallest absolute Gasteiger partial charge is 0.342 e. The first-order valence-corrected chi connectivity index (χ1v) is 9.28. The van der Waals surface area contributed by atoms with E-state index in [0.717, 1.165) is 16.7 Å². The van der Waals surface area contributed by atoms with E-state index < -0.39 is 5.97 Å². The zero-order chi connectivity index (χ0) is 20.3. The molecule has 146 valence electrons. The summed E-state index contributed by atoms with van der Waals surface area (Å²) in [5, 5.41) is 18.4. The van der Waals surface area contributed by atoms with Crippen LogP contribution in [0.4, 0.5) is 0 Å². The Labute approximate surface area is 164 Å². The number of phenolic OH excluding ortho intramolecular Hbond substituents is 1. The van der Waals surface area contributed by atoms with Gasteiger partial charge in [0.2, 0.25) is 5.89 Å². The predicted molar refractivity (Wildman–Crippen MR) is 105 cm³/mol. The zero-order valence-corrected chi connectivity index (χ0v) is 16.5. The summed E-state index contributed by atoms with van der Waals surface area (Å²) in [4.78, 5) is 12.6. The fraction of sp³-hybridized carbons (Fsp3) is 0.318. The first-order valence-electron chi connectivity index (χ1n) is 9.28. The van der Waals surface area contributed by atoms with E-state index in [1.54, 1.807) is 6.07 Å². The molecule has 0 atom stereocenters. The highest BCUT2D eigenvalue weighted by molar-refractivity contribution is 5.93. The largest absolute Gasteiger partial charge is 0.507 e. The first-order chi connectivity index (χ1) is 13.4. The molecular formula is C22H24N2O4. The Balaban J connectivity index is 1.77. The van der Waals surface area contributed by atoms with Crippen molar-refractivity contribution in [2.45, 2.75) is 46.1 Å². The number of rotatable bonds is 6. The summed E-state index contributed by atoms with van der Waals surface area (Å²) in [6.07, 6.45) is 0. The molecule has 0 spiro atoms. The number of esters is 1. The summed E-state index contributed by atoms with van der Waals surface area (Å²) in [7, 11) is 0. The summed E-state index contributed by atoms with van der Waals surface area (Å²) < 4.78 is 10.9. The van der Waals surface area contributed by atoms with E-state index in [1.165, 1.54) is 0 Å². The molecule has 0 bridgehead atoms. The lowest BCUT2D eigenvalue weighted by atomic mass is 9.92. The van der Waals surface area contributed by atoms with Crippen LogP contribution in [-0.2, 0) is 11.3 Å². The van der Waals surface area contributed by atoms with Crippen molar-refractivity contribution in [1.82, 2.24) is 10.2 Å². The average Bonchev–Trinajstić information content (AvgIpc) is 3.15. The second-order valence-electron chi connectivity index (χ2n) is 7.26. The van der Waals surface area contributed by atoms with Crippen molar-refractivity contribution >= 4 is 5.97 Å². The minimum absolute atomic E-state index is 0.0418. The maximum Gasteiger partial charge on any atom is 0.342 e. The van der Waals surface area contributed by atoms with E-state index in [9.17, 15) is 9.90 Å². The summed E-state index contributed by atoms with van der Waals surface area (Å²) in [5.74, 6) is 0.180. The summed E-state index contributed by atoms with van der Waals surface area (Å²) in [5.41, 5.74) is 2.63. The number of phenols is 1. The molecule has 0 fully saturated rings. The van der Waals surface area contributed by atoms with Crippen LogP contribution in [0.5, 0.6) is 5.75 Å². The van der Waals surface area contributed by atoms with Crippen molar-refractivity contribution in [3.8, 4) is 17.2 Å². The van der Waals surface area contributed by atoms with Gasteiger partial charge < -0.3 is 14.3 Å². The summed E-state index contributed by atoms with van der Waals surface area (Å²) in [6, 6.07) is 13.0. The molecule has 0 saturated carbocycles. The Morgan fingerprint density at radius 2 is 1.79 bits per heavy atom. The quantitative estimate of drug-likeness (QED) is 0.603. The molecule has 6 nitrogen and oxygen atoms in total. The number of aromatic hydroxyl groups is 1. The van der Waals surface area contributed by atoms with Gasteiger partial charge in [-0.05, 0) is 41.2 Å². The van der Waals surface area contributed by atoms with Crippen molar-refractivity contribution in [1.29, 1.82) is 0 Å². The number of aromatic nitrogens is 2. The topological polar surface area (TPSA) is 85.5 Å². The molecule has 0 saturated heterocycles. The molecule has 1 heterocycles. The number of carbonyl (C=O) groups is 1. The van der Waals surface area contributed by atoms with E-state index in [2.05, 4.69) is 10.2 Å². The van der Waals surface area contributed by atoms with Crippen LogP contribution >= 0.6 is 0 Å². The molecule has 28 heavy (non-hydrogen) atoms. The highest BCUT2D eigenvalue weighted by Gasteiger charge is 2.21. The van der Waals surface area contributed by atoms with Crippen LogP contribution in [0.3, 0.4) is 0 Å². The maximum atomic E-state index is 12.6. The minimum atomic E-state index is -0.624. The van der Waals surface area contributed by atoms with Gasteiger partial charge in [-0.25, -0.2) is 4.79 Å². The van der Waals surface area contributed by atoms with Gasteiger partial charge in [-0.1, -0.05) is 52.0 Å². The van der Waals surface area contributed by atoms with Crippen molar-refractivity contribution in [2.75, 3.05) is 0 Å². The average molecular weight is 380 g/mol. The first kappa shape index (κ1) is 19.6. The number of ether oxygens (including phenoxy) is 1. The Hall–Kier alpha value is -3.15. The Morgan fingerprint density at radius 1 is 1.07 bits per heavy atom. The van der Waals surface area contributed by atoms with Gasteiger partial charge >= 0.3 is 5.97 Å². The lowest BCUT2D eigenvalue weighted by Gasteiger charge is -2.16. The lowest BCUT2D eigenvalue weighted by molar-refractivity contribution is 0.0435. The number of hydrogen-bond donors (Lipinski definition) is 1. The van der Waals surface area contributed by atoms with Gasteiger partial charge in [0.1, 0.15) is 11.3 Å². The van der Waals surface area contributed by atoms with Crippen molar-refractivity contribution in [3.63, 3.8) is 0 Å². The molecule has 1 aromatic heterocycles. The molecule has 0 aliphatic heterocycles. The normalized spacial score (nSPS) is 11.2. The van der Waals surface area contributed by atoms with Crippen LogP contribution in [-0.4, -0.2) is 21.3 Å². The molecule has 2 aromatic carbocycles. The van der Waals surface area contributed by atoms with Crippen LogP contribution in [0.1, 0.15) is 66.9 Å². The van der Waals surface area contributed by atoms with Gasteiger partial charge in [0.05, 0.1) is 0 Å². The standard InChI is InChI=1S/C22H24N2O4/c1-13(2)16-10-17(14(3)4)20(25)18(11-16)22(26)27-12-19-23-24-21(28-19)15-8-6-5-7-9-15/h5-11,13-14,25H,12H2,1-4H3. The van der Waals surface area contributed by atoms with Gasteiger partial charge in [0, 0.05) is 5.56 Å². The van der Waals surface area contributed by atoms with E-state index >= 15 is 0 Å². The Bertz CT molecular complexity index is 962. The third-order valence-corrected chi connectivity index (χ3v) is 4.48. The van der Waals surface area contributed by atoms with Gasteiger partial charge in [0.15, 0.2) is 6.61 Å². The number of carbonyl (C=O) groups excluding carboxylic acids is 1. The molecule has 6 heteroatoms. The Kier molecular flexibility index (Phi) is 5.78. The van der Waals surface area contributed by atoms with Crippen molar-refractivity contribution < 1.29 is 19.1 Å². The van der Waals surface area contributed by atoms with Gasteiger partial charge in [0.25, 0.3) is 5.89 Å². The monoisotopic (exact) mass is 380 g/mol. The molecule has 0 amide bonds. The number of nitrogens with zero attached hydrogens (tertiary/aromatic N) is 2. The minimum Gasteiger partial charge on any atom is -0.507 e. The second kappa shape index (κ2) is 8.25. The van der Waals surface area contributed by atoms with Gasteiger partial charge in [-0.2, -0.15) is 0 Å². The molecule has 0 radical (unpaired) electrons. The fourth-order valence-electron chi connectivity index (χ4n) is 2.82. The fourth-order valence-corrected chi connectivity index (χ4v) is 2.82. The van der Waals surface area contributed by atoms with Crippen LogP contribution < -0.4 is 0 Å². The van der Waals surface area contributed by atoms with Crippen LogP contribution in [0.15, 0.2) is 46.9 Å². The van der Waals surface area contributed by atoms with Crippen LogP contribution in [0.25, 0.3) is 11.5 Å². The van der Waals surface area contributed by atoms with E-state index in [1.807, 2.05) is 64.1 Å². The summed E-state index contributed by atoms with van der Waals surface area (Å²) in [6.45, 7) is 7.85. The molecule has 0 unspecified atom stereocenters. The number of benzene rings is 2. The predicted octanol–water partition coefficient (Wildman–Crippen LogP) is 5.05. The Morgan fingerprint density at radius 3 is 2.43 bits per heavy atom. The maximum absolute atomic E-state index is 12.6. The molecule has 1 N–H and O–H groups in total. The van der Waals surface area contributed by atoms with E-state index in [4.69, 9.17) is 9.15 Å². The van der Waals surface area contributed by atoms with Crippen molar-refractivity contribution in [2.24, 2.45) is 0 Å². The highest BCUT2D eigenvalue weighted by Crippen LogP contribution is 2.33. The van der Waals surface area contributed by atoms with E-state index in [-0.39, 0.29) is 35.6 Å². The number of hydrogen-bond acceptors (Lipinski definition) is 6. The third kappa shape index (κ3) is 4.22. The molecular weight excluding hydrogens is 356 g/mol. The molecule has 0 aliphatic rings. The van der Waals surface area contributed by atoms with Gasteiger partial charge in [-0.3, -0.25) is 0 Å². The highest BCUT2D eigenvalue weighted by atomic mass is 16.5. The van der Waals surface area contributed by atoms with Gasteiger partial charge in [-0.15, -0.1) is 10.2 Å².